The predicted molar refractivity (Wildman–Crippen MR) is 125 cm³/mol. The Balaban J connectivity index is 1.50. The molecule has 9 heteroatoms. The molecule has 0 aliphatic carbocycles. The maximum Gasteiger partial charge on any atom is 0.248 e. The quantitative estimate of drug-likeness (QED) is 0.444. The van der Waals surface area contributed by atoms with Gasteiger partial charge in [0, 0.05) is 23.4 Å². The number of nitrogens with one attached hydrogen (secondary N) is 1. The molecule has 2 aromatic rings. The second-order valence-electron chi connectivity index (χ2n) is 7.43. The SMILES string of the molecule is COc1cc(C(C)=O)ccc1OCCCC(=O)N1CSCC1C(=O)Nc1ccc(C#N)cc1. The summed E-state index contributed by atoms with van der Waals surface area (Å²) in [5, 5.41) is 11.7. The molecular weight excluding hydrogens is 442 g/mol. The summed E-state index contributed by atoms with van der Waals surface area (Å²) in [5.74, 6) is 1.55. The number of carbonyl (C=O) groups is 3. The zero-order valence-corrected chi connectivity index (χ0v) is 19.3. The molecule has 1 heterocycles. The van der Waals surface area contributed by atoms with Crippen molar-refractivity contribution in [3.63, 3.8) is 0 Å². The number of hydrogen-bond acceptors (Lipinski definition) is 7. The van der Waals surface area contributed by atoms with E-state index in [0.717, 1.165) is 0 Å². The minimum absolute atomic E-state index is 0.0632. The van der Waals surface area contributed by atoms with Crippen molar-refractivity contribution in [2.45, 2.75) is 25.8 Å². The van der Waals surface area contributed by atoms with Crippen molar-refractivity contribution in [2.75, 3.05) is 30.7 Å². The number of hydrogen-bond donors (Lipinski definition) is 1. The van der Waals surface area contributed by atoms with Crippen LogP contribution >= 0.6 is 11.8 Å². The monoisotopic (exact) mass is 467 g/mol. The lowest BCUT2D eigenvalue weighted by molar-refractivity contribution is -0.136. The van der Waals surface area contributed by atoms with E-state index in [-0.39, 0.29) is 24.0 Å². The summed E-state index contributed by atoms with van der Waals surface area (Å²) in [6.45, 7) is 1.78. The average Bonchev–Trinajstić information content (AvgIpc) is 3.32. The summed E-state index contributed by atoms with van der Waals surface area (Å²) in [6, 6.07) is 13.1. The number of nitriles is 1. The molecule has 1 aliphatic rings. The number of ether oxygens (including phenoxy) is 2. The van der Waals surface area contributed by atoms with Gasteiger partial charge in [-0.25, -0.2) is 0 Å². The normalized spacial score (nSPS) is 14.9. The fourth-order valence-electron chi connectivity index (χ4n) is 3.31. The first-order valence-corrected chi connectivity index (χ1v) is 11.6. The average molecular weight is 468 g/mol. The van der Waals surface area contributed by atoms with Gasteiger partial charge < -0.3 is 19.7 Å². The molecule has 0 aromatic heterocycles. The molecule has 0 radical (unpaired) electrons. The van der Waals surface area contributed by atoms with Gasteiger partial charge in [0.1, 0.15) is 6.04 Å². The number of ketones is 1. The molecule has 0 spiro atoms. The molecular formula is C24H25N3O5S. The molecule has 172 valence electrons. The highest BCUT2D eigenvalue weighted by Crippen LogP contribution is 2.29. The number of carbonyl (C=O) groups excluding carboxylic acids is 3. The molecule has 1 unspecified atom stereocenters. The molecule has 1 saturated heterocycles. The molecule has 33 heavy (non-hydrogen) atoms. The van der Waals surface area contributed by atoms with E-state index in [9.17, 15) is 14.4 Å². The van der Waals surface area contributed by atoms with Crippen molar-refractivity contribution < 1.29 is 23.9 Å². The number of thioether (sulfide) groups is 1. The first kappa shape index (κ1) is 24.1. The molecule has 1 fully saturated rings. The summed E-state index contributed by atoms with van der Waals surface area (Å²) in [5.41, 5.74) is 1.63. The first-order valence-electron chi connectivity index (χ1n) is 10.4. The summed E-state index contributed by atoms with van der Waals surface area (Å²) >= 11 is 1.53. The Morgan fingerprint density at radius 2 is 1.94 bits per heavy atom. The highest BCUT2D eigenvalue weighted by molar-refractivity contribution is 7.99. The van der Waals surface area contributed by atoms with E-state index in [0.29, 0.717) is 53.0 Å². The fraction of sp³-hybridized carbons (Fsp3) is 0.333. The van der Waals surface area contributed by atoms with E-state index in [1.807, 2.05) is 6.07 Å². The van der Waals surface area contributed by atoms with Crippen LogP contribution in [0.2, 0.25) is 0 Å². The standard InChI is InChI=1S/C24H25N3O5S/c1-16(28)18-7-10-21(22(12-18)31-2)32-11-3-4-23(29)27-15-33-14-20(27)24(30)26-19-8-5-17(13-25)6-9-19/h5-10,12,20H,3-4,11,14-15H2,1-2H3,(H,26,30). The molecule has 2 aromatic carbocycles. The molecule has 1 N–H and O–H groups in total. The Bertz CT molecular complexity index is 1060. The number of benzene rings is 2. The van der Waals surface area contributed by atoms with Gasteiger partial charge in [-0.15, -0.1) is 11.8 Å². The number of Topliss-reactive ketones (excluding diaryl/α,β-unsaturated/α-hetero) is 1. The van der Waals surface area contributed by atoms with Crippen molar-refractivity contribution in [1.29, 1.82) is 5.26 Å². The van der Waals surface area contributed by atoms with E-state index < -0.39 is 6.04 Å². The molecule has 1 aliphatic heterocycles. The van der Waals surface area contributed by atoms with Gasteiger partial charge in [0.05, 0.1) is 31.2 Å². The Kier molecular flexibility index (Phi) is 8.33. The van der Waals surface area contributed by atoms with Gasteiger partial charge in [-0.1, -0.05) is 0 Å². The van der Waals surface area contributed by atoms with E-state index in [1.54, 1.807) is 47.4 Å². The highest BCUT2D eigenvalue weighted by Gasteiger charge is 2.34. The highest BCUT2D eigenvalue weighted by atomic mass is 32.2. The zero-order valence-electron chi connectivity index (χ0n) is 18.5. The number of nitrogens with zero attached hydrogens (tertiary/aromatic N) is 2. The summed E-state index contributed by atoms with van der Waals surface area (Å²) < 4.78 is 11.0. The van der Waals surface area contributed by atoms with Crippen LogP contribution in [0.15, 0.2) is 42.5 Å². The van der Waals surface area contributed by atoms with Crippen LogP contribution in [0.5, 0.6) is 11.5 Å². The summed E-state index contributed by atoms with van der Waals surface area (Å²) in [4.78, 5) is 38.5. The molecule has 1 atom stereocenters. The third kappa shape index (κ3) is 6.26. The van der Waals surface area contributed by atoms with Gasteiger partial charge in [-0.3, -0.25) is 14.4 Å². The number of amides is 2. The molecule has 2 amide bonds. The van der Waals surface area contributed by atoms with Gasteiger partial charge in [0.25, 0.3) is 0 Å². The maximum atomic E-state index is 12.7. The van der Waals surface area contributed by atoms with Crippen molar-refractivity contribution in [3.05, 3.63) is 53.6 Å². The molecule has 0 bridgehead atoms. The Hall–Kier alpha value is -3.51. The van der Waals surface area contributed by atoms with Crippen LogP contribution in [0.3, 0.4) is 0 Å². The first-order chi connectivity index (χ1) is 15.9. The minimum Gasteiger partial charge on any atom is -0.493 e. The Labute approximate surface area is 196 Å². The number of anilines is 1. The van der Waals surface area contributed by atoms with E-state index in [2.05, 4.69) is 5.32 Å². The summed E-state index contributed by atoms with van der Waals surface area (Å²) in [7, 11) is 1.50. The van der Waals surface area contributed by atoms with Crippen molar-refractivity contribution in [1.82, 2.24) is 4.90 Å². The van der Waals surface area contributed by atoms with Crippen LogP contribution in [0, 0.1) is 11.3 Å². The van der Waals surface area contributed by atoms with Crippen LogP contribution in [0.25, 0.3) is 0 Å². The van der Waals surface area contributed by atoms with Gasteiger partial charge in [0.2, 0.25) is 11.8 Å². The molecule has 0 saturated carbocycles. The van der Waals surface area contributed by atoms with Crippen molar-refractivity contribution in [2.24, 2.45) is 0 Å². The largest absolute Gasteiger partial charge is 0.493 e. The smallest absolute Gasteiger partial charge is 0.248 e. The van der Waals surface area contributed by atoms with E-state index in [1.165, 1.54) is 25.8 Å². The minimum atomic E-state index is -0.543. The number of methoxy groups -OCH3 is 1. The maximum absolute atomic E-state index is 12.7. The summed E-state index contributed by atoms with van der Waals surface area (Å²) in [6.07, 6.45) is 0.719. The number of rotatable bonds is 9. The molecule has 3 rings (SSSR count). The van der Waals surface area contributed by atoms with Gasteiger partial charge in [-0.2, -0.15) is 5.26 Å². The lowest BCUT2D eigenvalue weighted by Gasteiger charge is -2.23. The van der Waals surface area contributed by atoms with Crippen LogP contribution in [-0.4, -0.2) is 53.9 Å². The topological polar surface area (TPSA) is 109 Å². The Morgan fingerprint density at radius 1 is 1.18 bits per heavy atom. The second-order valence-corrected chi connectivity index (χ2v) is 8.43. The van der Waals surface area contributed by atoms with Gasteiger partial charge in [-0.05, 0) is 55.8 Å². The van der Waals surface area contributed by atoms with Crippen LogP contribution < -0.4 is 14.8 Å². The van der Waals surface area contributed by atoms with Gasteiger partial charge in [0.15, 0.2) is 17.3 Å². The van der Waals surface area contributed by atoms with Crippen molar-refractivity contribution >= 4 is 35.0 Å². The Morgan fingerprint density at radius 3 is 2.61 bits per heavy atom. The van der Waals surface area contributed by atoms with Crippen molar-refractivity contribution in [3.8, 4) is 17.6 Å². The lowest BCUT2D eigenvalue weighted by Crippen LogP contribution is -2.44. The van der Waals surface area contributed by atoms with Crippen LogP contribution in [0.4, 0.5) is 5.69 Å². The van der Waals surface area contributed by atoms with Crippen LogP contribution in [-0.2, 0) is 9.59 Å². The second kappa shape index (κ2) is 11.4. The third-order valence-electron chi connectivity index (χ3n) is 5.15. The van der Waals surface area contributed by atoms with E-state index >= 15 is 0 Å². The van der Waals surface area contributed by atoms with E-state index in [4.69, 9.17) is 14.7 Å². The lowest BCUT2D eigenvalue weighted by atomic mass is 10.1. The van der Waals surface area contributed by atoms with Crippen LogP contribution in [0.1, 0.15) is 35.7 Å². The molecule has 8 nitrogen and oxygen atoms in total. The van der Waals surface area contributed by atoms with Gasteiger partial charge >= 0.3 is 0 Å². The third-order valence-corrected chi connectivity index (χ3v) is 6.16. The zero-order chi connectivity index (χ0) is 23.8. The predicted octanol–water partition coefficient (Wildman–Crippen LogP) is 3.47. The fourth-order valence-corrected chi connectivity index (χ4v) is 4.49.